The quantitative estimate of drug-likeness (QED) is 0.757. The third kappa shape index (κ3) is 3.37. The zero-order valence-corrected chi connectivity index (χ0v) is 11.0. The molecule has 1 atom stereocenters. The maximum Gasteiger partial charge on any atom is 0.240 e. The molecule has 100 valence electrons. The lowest BCUT2D eigenvalue weighted by molar-refractivity contribution is -0.124. The van der Waals surface area contributed by atoms with Gasteiger partial charge in [-0.3, -0.25) is 4.79 Å². The number of nitrogens with two attached hydrogens (primary N) is 1. The van der Waals surface area contributed by atoms with Crippen LogP contribution in [-0.4, -0.2) is 31.7 Å². The molecule has 1 unspecified atom stereocenters. The number of amides is 1. The van der Waals surface area contributed by atoms with Crippen molar-refractivity contribution in [1.29, 1.82) is 0 Å². The van der Waals surface area contributed by atoms with E-state index in [1.54, 1.807) is 26.2 Å². The van der Waals surface area contributed by atoms with E-state index in [0.29, 0.717) is 18.0 Å². The zero-order valence-electron chi connectivity index (χ0n) is 11.0. The SMILES string of the molecule is CCNC(C)(COc1ccccc1OC)C(N)=O. The van der Waals surface area contributed by atoms with Crippen LogP contribution < -0.4 is 20.5 Å². The maximum atomic E-state index is 11.4. The number of benzene rings is 1. The first-order valence-electron chi connectivity index (χ1n) is 5.84. The number of carbonyl (C=O) groups is 1. The van der Waals surface area contributed by atoms with Gasteiger partial charge < -0.3 is 20.5 Å². The monoisotopic (exact) mass is 252 g/mol. The van der Waals surface area contributed by atoms with Crippen molar-refractivity contribution in [3.05, 3.63) is 24.3 Å². The van der Waals surface area contributed by atoms with Gasteiger partial charge in [0, 0.05) is 0 Å². The van der Waals surface area contributed by atoms with Crippen LogP contribution in [-0.2, 0) is 4.79 Å². The molecular formula is C13H20N2O3. The fourth-order valence-corrected chi connectivity index (χ4v) is 1.56. The highest BCUT2D eigenvalue weighted by atomic mass is 16.5. The Balaban J connectivity index is 2.76. The molecule has 18 heavy (non-hydrogen) atoms. The van der Waals surface area contributed by atoms with Gasteiger partial charge in [-0.1, -0.05) is 19.1 Å². The van der Waals surface area contributed by atoms with Crippen molar-refractivity contribution in [2.45, 2.75) is 19.4 Å². The summed E-state index contributed by atoms with van der Waals surface area (Å²) >= 11 is 0. The second kappa shape index (κ2) is 6.26. The Bertz CT molecular complexity index is 409. The summed E-state index contributed by atoms with van der Waals surface area (Å²) < 4.78 is 10.8. The van der Waals surface area contributed by atoms with Crippen LogP contribution in [0.5, 0.6) is 11.5 Å². The number of ether oxygens (including phenoxy) is 2. The Morgan fingerprint density at radius 2 is 2.00 bits per heavy atom. The van der Waals surface area contributed by atoms with E-state index < -0.39 is 11.4 Å². The van der Waals surface area contributed by atoms with Gasteiger partial charge in [0.25, 0.3) is 0 Å². The standard InChI is InChI=1S/C13H20N2O3/c1-4-15-13(2,12(14)16)9-18-11-8-6-5-7-10(11)17-3/h5-8,15H,4,9H2,1-3H3,(H2,14,16). The molecule has 0 bridgehead atoms. The van der Waals surface area contributed by atoms with E-state index in [1.165, 1.54) is 0 Å². The van der Waals surface area contributed by atoms with Crippen molar-refractivity contribution in [2.75, 3.05) is 20.3 Å². The Morgan fingerprint density at radius 1 is 1.39 bits per heavy atom. The predicted octanol–water partition coefficient (Wildman–Crippen LogP) is 0.927. The predicted molar refractivity (Wildman–Crippen MR) is 69.8 cm³/mol. The third-order valence-electron chi connectivity index (χ3n) is 2.70. The van der Waals surface area contributed by atoms with Gasteiger partial charge in [-0.05, 0) is 25.6 Å². The van der Waals surface area contributed by atoms with Crippen molar-refractivity contribution >= 4 is 5.91 Å². The van der Waals surface area contributed by atoms with Crippen LogP contribution in [0.1, 0.15) is 13.8 Å². The minimum absolute atomic E-state index is 0.149. The lowest BCUT2D eigenvalue weighted by Crippen LogP contribution is -2.57. The number of carbonyl (C=O) groups excluding carboxylic acids is 1. The Labute approximate surface area is 107 Å². The van der Waals surface area contributed by atoms with Crippen LogP contribution in [0, 0.1) is 0 Å². The molecule has 1 amide bonds. The van der Waals surface area contributed by atoms with Gasteiger partial charge in [0.1, 0.15) is 12.1 Å². The average molecular weight is 252 g/mol. The molecule has 5 nitrogen and oxygen atoms in total. The highest BCUT2D eigenvalue weighted by Gasteiger charge is 2.31. The molecule has 1 aromatic rings. The maximum absolute atomic E-state index is 11.4. The van der Waals surface area contributed by atoms with Crippen LogP contribution in [0.3, 0.4) is 0 Å². The van der Waals surface area contributed by atoms with Gasteiger partial charge in [0.15, 0.2) is 11.5 Å². The summed E-state index contributed by atoms with van der Waals surface area (Å²) in [5.74, 6) is 0.769. The topological polar surface area (TPSA) is 73.6 Å². The normalized spacial score (nSPS) is 13.7. The van der Waals surface area contributed by atoms with Gasteiger partial charge in [-0.25, -0.2) is 0 Å². The zero-order chi connectivity index (χ0) is 13.6. The summed E-state index contributed by atoms with van der Waals surface area (Å²) in [4.78, 5) is 11.4. The fraction of sp³-hybridized carbons (Fsp3) is 0.462. The summed E-state index contributed by atoms with van der Waals surface area (Å²) in [5, 5.41) is 3.03. The molecular weight excluding hydrogens is 232 g/mol. The van der Waals surface area contributed by atoms with E-state index in [1.807, 2.05) is 19.1 Å². The van der Waals surface area contributed by atoms with Gasteiger partial charge in [0.2, 0.25) is 5.91 Å². The van der Waals surface area contributed by atoms with Gasteiger partial charge in [-0.2, -0.15) is 0 Å². The minimum atomic E-state index is -0.893. The molecule has 0 aliphatic heterocycles. The molecule has 0 aromatic heterocycles. The third-order valence-corrected chi connectivity index (χ3v) is 2.70. The fourth-order valence-electron chi connectivity index (χ4n) is 1.56. The molecule has 0 saturated carbocycles. The number of nitrogens with one attached hydrogen (secondary N) is 1. The second-order valence-corrected chi connectivity index (χ2v) is 4.17. The lowest BCUT2D eigenvalue weighted by Gasteiger charge is -2.27. The number of methoxy groups -OCH3 is 1. The Morgan fingerprint density at radius 3 is 2.50 bits per heavy atom. The van der Waals surface area contributed by atoms with E-state index in [4.69, 9.17) is 15.2 Å². The average Bonchev–Trinajstić information content (AvgIpc) is 2.37. The number of rotatable bonds is 7. The number of hydrogen-bond donors (Lipinski definition) is 2. The number of hydrogen-bond acceptors (Lipinski definition) is 4. The lowest BCUT2D eigenvalue weighted by atomic mass is 10.0. The molecule has 0 saturated heterocycles. The summed E-state index contributed by atoms with van der Waals surface area (Å²) in [6, 6.07) is 7.27. The first-order valence-corrected chi connectivity index (χ1v) is 5.84. The van der Waals surface area contributed by atoms with Crippen molar-refractivity contribution in [1.82, 2.24) is 5.32 Å². The molecule has 0 heterocycles. The van der Waals surface area contributed by atoms with Crippen molar-refractivity contribution < 1.29 is 14.3 Å². The highest BCUT2D eigenvalue weighted by Crippen LogP contribution is 2.26. The summed E-state index contributed by atoms with van der Waals surface area (Å²) in [6.45, 7) is 4.41. The van der Waals surface area contributed by atoms with Gasteiger partial charge in [-0.15, -0.1) is 0 Å². The highest BCUT2D eigenvalue weighted by molar-refractivity contribution is 5.84. The van der Waals surface area contributed by atoms with E-state index in [2.05, 4.69) is 5.32 Å². The van der Waals surface area contributed by atoms with E-state index >= 15 is 0 Å². The van der Waals surface area contributed by atoms with Crippen LogP contribution in [0.15, 0.2) is 24.3 Å². The van der Waals surface area contributed by atoms with Gasteiger partial charge >= 0.3 is 0 Å². The summed E-state index contributed by atoms with van der Waals surface area (Å²) in [5.41, 5.74) is 4.49. The molecule has 0 aliphatic rings. The van der Waals surface area contributed by atoms with E-state index in [9.17, 15) is 4.79 Å². The first-order chi connectivity index (χ1) is 8.53. The number of para-hydroxylation sites is 2. The Kier molecular flexibility index (Phi) is 4.97. The largest absolute Gasteiger partial charge is 0.493 e. The minimum Gasteiger partial charge on any atom is -0.493 e. The smallest absolute Gasteiger partial charge is 0.240 e. The van der Waals surface area contributed by atoms with Crippen LogP contribution in [0.25, 0.3) is 0 Å². The van der Waals surface area contributed by atoms with E-state index in [0.717, 1.165) is 0 Å². The van der Waals surface area contributed by atoms with Gasteiger partial charge in [0.05, 0.1) is 7.11 Å². The molecule has 0 spiro atoms. The van der Waals surface area contributed by atoms with Crippen LogP contribution >= 0.6 is 0 Å². The molecule has 1 rings (SSSR count). The number of likely N-dealkylation sites (N-methyl/N-ethyl adjacent to an activating group) is 1. The van der Waals surface area contributed by atoms with Crippen molar-refractivity contribution in [3.8, 4) is 11.5 Å². The van der Waals surface area contributed by atoms with Crippen LogP contribution in [0.4, 0.5) is 0 Å². The second-order valence-electron chi connectivity index (χ2n) is 4.17. The first kappa shape index (κ1) is 14.3. The van der Waals surface area contributed by atoms with Crippen LogP contribution in [0.2, 0.25) is 0 Å². The molecule has 1 aromatic carbocycles. The Hall–Kier alpha value is -1.75. The summed E-state index contributed by atoms with van der Waals surface area (Å²) in [6.07, 6.45) is 0. The molecule has 0 aliphatic carbocycles. The summed E-state index contributed by atoms with van der Waals surface area (Å²) in [7, 11) is 1.57. The molecule has 5 heteroatoms. The van der Waals surface area contributed by atoms with Crippen molar-refractivity contribution in [3.63, 3.8) is 0 Å². The number of primary amides is 1. The molecule has 0 radical (unpaired) electrons. The molecule has 3 N–H and O–H groups in total. The molecule has 0 fully saturated rings. The van der Waals surface area contributed by atoms with Crippen molar-refractivity contribution in [2.24, 2.45) is 5.73 Å². The van der Waals surface area contributed by atoms with E-state index in [-0.39, 0.29) is 6.61 Å².